The highest BCUT2D eigenvalue weighted by Gasteiger charge is 2.64. The van der Waals surface area contributed by atoms with Crippen LogP contribution in [0.1, 0.15) is 60.3 Å². The fourth-order valence-electron chi connectivity index (χ4n) is 5.29. The predicted octanol–water partition coefficient (Wildman–Crippen LogP) is 3.69. The molecule has 160 valence electrons. The van der Waals surface area contributed by atoms with E-state index >= 15 is 0 Å². The lowest BCUT2D eigenvalue weighted by molar-refractivity contribution is -0.172. The first kappa shape index (κ1) is 21.8. The Morgan fingerprint density at radius 2 is 2.00 bits per heavy atom. The number of aliphatic hydroxyl groups excluding tert-OH is 1. The Morgan fingerprint density at radius 1 is 1.28 bits per heavy atom. The predicted molar refractivity (Wildman–Crippen MR) is 113 cm³/mol. The Kier molecular flexibility index (Phi) is 6.37. The third kappa shape index (κ3) is 4.20. The molecule has 0 saturated carbocycles. The monoisotopic (exact) mass is 401 g/mol. The van der Waals surface area contributed by atoms with Crippen LogP contribution in [0.4, 0.5) is 0 Å². The first-order valence-corrected chi connectivity index (χ1v) is 10.9. The lowest BCUT2D eigenvalue weighted by Gasteiger charge is -2.45. The Labute approximate surface area is 174 Å². The van der Waals surface area contributed by atoms with Crippen LogP contribution in [0, 0.1) is 23.7 Å². The van der Waals surface area contributed by atoms with Gasteiger partial charge in [-0.1, -0.05) is 44.1 Å². The number of ether oxygens (including phenoxy) is 1. The molecular formula is C24H35NO4. The molecule has 0 aromatic heterocycles. The van der Waals surface area contributed by atoms with Gasteiger partial charge in [-0.25, -0.2) is 4.79 Å². The lowest BCUT2D eigenvalue weighted by Crippen LogP contribution is -2.56. The topological polar surface area (TPSA) is 75.6 Å². The fourth-order valence-corrected chi connectivity index (χ4v) is 5.29. The molecule has 3 aliphatic rings. The average molecular weight is 402 g/mol. The number of amides is 1. The Morgan fingerprint density at radius 3 is 2.69 bits per heavy atom. The smallest absolute Gasteiger partial charge is 0.331 e. The third-order valence-electron chi connectivity index (χ3n) is 6.78. The van der Waals surface area contributed by atoms with Crippen molar-refractivity contribution < 1.29 is 19.4 Å². The van der Waals surface area contributed by atoms with Crippen LogP contribution in [0.15, 0.2) is 35.5 Å². The Hall–Kier alpha value is -1.88. The number of carbonyl (C=O) groups excluding carboxylic acids is 2. The van der Waals surface area contributed by atoms with E-state index in [2.05, 4.69) is 52.1 Å². The van der Waals surface area contributed by atoms with Crippen LogP contribution < -0.4 is 5.32 Å². The molecule has 29 heavy (non-hydrogen) atoms. The number of esters is 1. The van der Waals surface area contributed by atoms with E-state index < -0.39 is 17.7 Å². The Bertz CT molecular complexity index is 750. The van der Waals surface area contributed by atoms with Crippen LogP contribution in [-0.2, 0) is 14.3 Å². The van der Waals surface area contributed by atoms with Gasteiger partial charge in [0.15, 0.2) is 0 Å². The molecule has 0 aromatic rings. The van der Waals surface area contributed by atoms with Crippen molar-refractivity contribution in [2.24, 2.45) is 23.7 Å². The molecule has 0 bridgehead atoms. The largest absolute Gasteiger partial charge is 0.444 e. The maximum Gasteiger partial charge on any atom is 0.331 e. The third-order valence-corrected chi connectivity index (χ3v) is 6.78. The Balaban J connectivity index is 2.13. The summed E-state index contributed by atoms with van der Waals surface area (Å²) in [6.45, 7) is 10.6. The van der Waals surface area contributed by atoms with Gasteiger partial charge < -0.3 is 15.2 Å². The molecule has 1 fully saturated rings. The van der Waals surface area contributed by atoms with Crippen LogP contribution in [0.3, 0.4) is 0 Å². The summed E-state index contributed by atoms with van der Waals surface area (Å²) in [4.78, 5) is 26.2. The van der Waals surface area contributed by atoms with Crippen molar-refractivity contribution in [3.8, 4) is 0 Å². The van der Waals surface area contributed by atoms with Gasteiger partial charge in [0.1, 0.15) is 0 Å². The number of carbonyl (C=O) groups is 2. The van der Waals surface area contributed by atoms with E-state index in [1.165, 1.54) is 17.7 Å². The second-order valence-electron chi connectivity index (χ2n) is 9.51. The molecular weight excluding hydrogens is 366 g/mol. The zero-order valence-corrected chi connectivity index (χ0v) is 18.3. The highest BCUT2D eigenvalue weighted by atomic mass is 16.6. The molecule has 0 radical (unpaired) electrons. The van der Waals surface area contributed by atoms with Gasteiger partial charge in [0.2, 0.25) is 5.60 Å². The van der Waals surface area contributed by atoms with E-state index in [0.29, 0.717) is 12.3 Å². The molecule has 5 heteroatoms. The van der Waals surface area contributed by atoms with Crippen molar-refractivity contribution in [2.75, 3.05) is 0 Å². The minimum Gasteiger partial charge on any atom is -0.444 e. The van der Waals surface area contributed by atoms with Gasteiger partial charge >= 0.3 is 5.97 Å². The maximum absolute atomic E-state index is 13.4. The highest BCUT2D eigenvalue weighted by molar-refractivity contribution is 5.94. The minimum absolute atomic E-state index is 0.0346. The molecule has 0 unspecified atom stereocenters. The summed E-state index contributed by atoms with van der Waals surface area (Å²) in [5, 5.41) is 13.3. The van der Waals surface area contributed by atoms with Crippen LogP contribution >= 0.6 is 0 Å². The van der Waals surface area contributed by atoms with Crippen molar-refractivity contribution in [2.45, 2.75) is 78.0 Å². The molecule has 1 amide bonds. The fraction of sp³-hybridized carbons (Fsp3) is 0.667. The summed E-state index contributed by atoms with van der Waals surface area (Å²) in [5.41, 5.74) is 1.14. The van der Waals surface area contributed by atoms with Crippen LogP contribution in [-0.4, -0.2) is 34.7 Å². The van der Waals surface area contributed by atoms with E-state index in [4.69, 9.17) is 4.74 Å². The van der Waals surface area contributed by atoms with E-state index in [1.54, 1.807) is 0 Å². The molecule has 2 N–H and O–H groups in total. The van der Waals surface area contributed by atoms with Crippen LogP contribution in [0.25, 0.3) is 0 Å². The maximum atomic E-state index is 13.4. The summed E-state index contributed by atoms with van der Waals surface area (Å²) in [5.74, 6) is -0.632. The van der Waals surface area contributed by atoms with Crippen molar-refractivity contribution >= 4 is 11.9 Å². The van der Waals surface area contributed by atoms with Crippen molar-refractivity contribution in [3.63, 3.8) is 0 Å². The van der Waals surface area contributed by atoms with Gasteiger partial charge in [-0.2, -0.15) is 0 Å². The summed E-state index contributed by atoms with van der Waals surface area (Å²) in [6, 6.07) is -0.0346. The van der Waals surface area contributed by atoms with Crippen molar-refractivity contribution in [3.05, 3.63) is 35.5 Å². The van der Waals surface area contributed by atoms with Crippen molar-refractivity contribution in [1.82, 2.24) is 5.32 Å². The van der Waals surface area contributed by atoms with Gasteiger partial charge in [0.05, 0.1) is 6.10 Å². The van der Waals surface area contributed by atoms with Gasteiger partial charge in [-0.15, -0.1) is 0 Å². The number of hydrogen-bond donors (Lipinski definition) is 2. The number of hydrogen-bond acceptors (Lipinski definition) is 4. The summed E-state index contributed by atoms with van der Waals surface area (Å²) >= 11 is 0. The van der Waals surface area contributed by atoms with E-state index in [0.717, 1.165) is 24.8 Å². The van der Waals surface area contributed by atoms with E-state index in [9.17, 15) is 14.7 Å². The molecule has 1 aliphatic carbocycles. The minimum atomic E-state index is -1.24. The van der Waals surface area contributed by atoms with Crippen LogP contribution in [0.2, 0.25) is 0 Å². The summed E-state index contributed by atoms with van der Waals surface area (Å²) in [7, 11) is 0. The van der Waals surface area contributed by atoms with Gasteiger partial charge in [0, 0.05) is 24.0 Å². The zero-order chi connectivity index (χ0) is 21.3. The van der Waals surface area contributed by atoms with E-state index in [-0.39, 0.29) is 29.7 Å². The molecule has 6 atom stereocenters. The standard InChI is InChI=1S/C24H35NO4/c1-14(2)11-20-22-17(5)16(4)13-18-12-15(3)7-6-8-19(26)9-10-21(27)29-24(18,22)23(28)25-20/h9-10,12-14,17-20,22,26H,6-8,11H2,1-5H3,(H,25,28)/b10-9+,15-12+/t17-,18-,19+,20-,22+,24-/m1/s1. The van der Waals surface area contributed by atoms with E-state index in [1.807, 2.05) is 0 Å². The molecule has 0 aromatic carbocycles. The molecule has 1 saturated heterocycles. The van der Waals surface area contributed by atoms with Crippen LogP contribution in [0.5, 0.6) is 0 Å². The SMILES string of the molecule is CC1=C[C@H]2/C=C(\C)CCC[C@H](O)/C=C/C(=O)O[C@]23C(=O)N[C@H](CC(C)C)[C@@H]3[C@@H]1C. The zero-order valence-electron chi connectivity index (χ0n) is 18.3. The lowest BCUT2D eigenvalue weighted by atomic mass is 9.63. The molecule has 2 heterocycles. The van der Waals surface area contributed by atoms with Gasteiger partial charge in [-0.3, -0.25) is 4.79 Å². The normalized spacial score (nSPS) is 41.0. The number of nitrogens with one attached hydrogen (secondary N) is 1. The second kappa shape index (κ2) is 8.47. The quantitative estimate of drug-likeness (QED) is 0.547. The summed E-state index contributed by atoms with van der Waals surface area (Å²) < 4.78 is 6.04. The number of aliphatic hydroxyl groups is 1. The molecule has 1 spiro atoms. The number of allylic oxidation sites excluding steroid dienone is 2. The van der Waals surface area contributed by atoms with Crippen molar-refractivity contribution in [1.29, 1.82) is 0 Å². The summed E-state index contributed by atoms with van der Waals surface area (Å²) in [6.07, 6.45) is 9.40. The number of rotatable bonds is 2. The molecule has 5 nitrogen and oxygen atoms in total. The molecule has 2 aliphatic heterocycles. The first-order chi connectivity index (χ1) is 13.6. The second-order valence-corrected chi connectivity index (χ2v) is 9.51. The highest BCUT2D eigenvalue weighted by Crippen LogP contribution is 2.50. The first-order valence-electron chi connectivity index (χ1n) is 10.9. The molecule has 3 rings (SSSR count). The average Bonchev–Trinajstić information content (AvgIpc) is 2.89. The van der Waals surface area contributed by atoms with Gasteiger partial charge in [-0.05, 0) is 57.4 Å². The van der Waals surface area contributed by atoms with Gasteiger partial charge in [0.25, 0.3) is 5.91 Å².